The molecule has 1 amide bonds. The number of nitrogens with zero attached hydrogens (tertiary/aromatic N) is 1. The Morgan fingerprint density at radius 1 is 1.32 bits per heavy atom. The standard InChI is InChI=1S/C15H19NO3/c1-15(2)11-16(9-8-13(15)17)14(18)10-19-12-6-4-3-5-7-12/h3-7H,8-11H2,1-2H3. The number of Topliss-reactive ketones (excluding diaryl/α,β-unsaturated/α-hetero) is 1. The summed E-state index contributed by atoms with van der Waals surface area (Å²) in [6.07, 6.45) is 0.435. The third kappa shape index (κ3) is 3.34. The molecule has 2 rings (SSSR count). The number of benzene rings is 1. The van der Waals surface area contributed by atoms with Crippen molar-refractivity contribution < 1.29 is 14.3 Å². The molecule has 1 aliphatic rings. The topological polar surface area (TPSA) is 46.6 Å². The lowest BCUT2D eigenvalue weighted by Crippen LogP contribution is -2.49. The maximum absolute atomic E-state index is 12.1. The zero-order chi connectivity index (χ0) is 13.9. The number of hydrogen-bond acceptors (Lipinski definition) is 3. The van der Waals surface area contributed by atoms with Crippen LogP contribution in [0.5, 0.6) is 5.75 Å². The lowest BCUT2D eigenvalue weighted by atomic mass is 9.83. The van der Waals surface area contributed by atoms with Crippen LogP contribution in [0.1, 0.15) is 20.3 Å². The molecule has 0 N–H and O–H groups in total. The first kappa shape index (κ1) is 13.6. The molecule has 4 heteroatoms. The lowest BCUT2D eigenvalue weighted by molar-refractivity contribution is -0.142. The molecular weight excluding hydrogens is 242 g/mol. The van der Waals surface area contributed by atoms with Crippen LogP contribution in [0.2, 0.25) is 0 Å². The van der Waals surface area contributed by atoms with E-state index in [1.54, 1.807) is 4.90 Å². The third-order valence-electron chi connectivity index (χ3n) is 3.41. The van der Waals surface area contributed by atoms with Crippen LogP contribution in [0.3, 0.4) is 0 Å². The maximum atomic E-state index is 12.1. The van der Waals surface area contributed by atoms with Gasteiger partial charge in [0.15, 0.2) is 6.61 Å². The van der Waals surface area contributed by atoms with Crippen LogP contribution < -0.4 is 4.74 Å². The van der Waals surface area contributed by atoms with Gasteiger partial charge in [-0.25, -0.2) is 0 Å². The molecule has 0 bridgehead atoms. The van der Waals surface area contributed by atoms with Gasteiger partial charge in [-0.15, -0.1) is 0 Å². The summed E-state index contributed by atoms with van der Waals surface area (Å²) in [5.74, 6) is 0.841. The van der Waals surface area contributed by atoms with Crippen molar-refractivity contribution >= 4 is 11.7 Å². The molecule has 1 fully saturated rings. The first-order chi connectivity index (χ1) is 8.99. The zero-order valence-corrected chi connectivity index (χ0v) is 11.4. The summed E-state index contributed by atoms with van der Waals surface area (Å²) >= 11 is 0. The van der Waals surface area contributed by atoms with E-state index < -0.39 is 5.41 Å². The van der Waals surface area contributed by atoms with Gasteiger partial charge in [-0.2, -0.15) is 0 Å². The Morgan fingerprint density at radius 2 is 2.00 bits per heavy atom. The quantitative estimate of drug-likeness (QED) is 0.834. The summed E-state index contributed by atoms with van der Waals surface area (Å²) in [6.45, 7) is 4.76. The minimum Gasteiger partial charge on any atom is -0.484 e. The summed E-state index contributed by atoms with van der Waals surface area (Å²) in [6, 6.07) is 9.26. The van der Waals surface area contributed by atoms with Gasteiger partial charge in [0.05, 0.1) is 0 Å². The first-order valence-electron chi connectivity index (χ1n) is 6.48. The molecule has 102 valence electrons. The van der Waals surface area contributed by atoms with E-state index in [-0.39, 0.29) is 18.3 Å². The molecule has 1 saturated heterocycles. The second-order valence-corrected chi connectivity index (χ2v) is 5.47. The molecule has 1 aromatic carbocycles. The molecule has 1 heterocycles. The van der Waals surface area contributed by atoms with E-state index in [1.165, 1.54) is 0 Å². The minimum absolute atomic E-state index is 0.0221. The van der Waals surface area contributed by atoms with Crippen LogP contribution in [-0.2, 0) is 9.59 Å². The van der Waals surface area contributed by atoms with Gasteiger partial charge in [0.1, 0.15) is 11.5 Å². The number of carbonyl (C=O) groups excluding carboxylic acids is 2. The highest BCUT2D eigenvalue weighted by Gasteiger charge is 2.35. The summed E-state index contributed by atoms with van der Waals surface area (Å²) < 4.78 is 5.44. The largest absolute Gasteiger partial charge is 0.484 e. The molecule has 0 unspecified atom stereocenters. The highest BCUT2D eigenvalue weighted by molar-refractivity contribution is 5.88. The summed E-state index contributed by atoms with van der Waals surface area (Å²) in [7, 11) is 0. The number of piperidine rings is 1. The average Bonchev–Trinajstić information content (AvgIpc) is 2.40. The van der Waals surface area contributed by atoms with Crippen molar-refractivity contribution in [1.82, 2.24) is 4.90 Å². The van der Waals surface area contributed by atoms with Crippen molar-refractivity contribution in [1.29, 1.82) is 0 Å². The smallest absolute Gasteiger partial charge is 0.260 e. The molecule has 0 atom stereocenters. The van der Waals surface area contributed by atoms with Crippen molar-refractivity contribution in [2.75, 3.05) is 19.7 Å². The number of hydrogen-bond donors (Lipinski definition) is 0. The van der Waals surface area contributed by atoms with E-state index >= 15 is 0 Å². The van der Waals surface area contributed by atoms with E-state index in [9.17, 15) is 9.59 Å². The SMILES string of the molecule is CC1(C)CN(C(=O)COc2ccccc2)CCC1=O. The Morgan fingerprint density at radius 3 is 2.63 bits per heavy atom. The number of carbonyl (C=O) groups is 2. The molecule has 0 aromatic heterocycles. The second kappa shape index (κ2) is 5.43. The fourth-order valence-electron chi connectivity index (χ4n) is 2.19. The van der Waals surface area contributed by atoms with Crippen LogP contribution in [-0.4, -0.2) is 36.3 Å². The zero-order valence-electron chi connectivity index (χ0n) is 11.4. The Balaban J connectivity index is 1.89. The molecule has 0 saturated carbocycles. The Labute approximate surface area is 113 Å². The Bertz CT molecular complexity index is 468. The van der Waals surface area contributed by atoms with Gasteiger partial charge in [0.25, 0.3) is 5.91 Å². The van der Waals surface area contributed by atoms with E-state index in [4.69, 9.17) is 4.74 Å². The molecule has 1 aliphatic heterocycles. The highest BCUT2D eigenvalue weighted by atomic mass is 16.5. The molecule has 19 heavy (non-hydrogen) atoms. The highest BCUT2D eigenvalue weighted by Crippen LogP contribution is 2.25. The van der Waals surface area contributed by atoms with Gasteiger partial charge in [-0.05, 0) is 12.1 Å². The summed E-state index contributed by atoms with van der Waals surface area (Å²) in [5, 5.41) is 0. The van der Waals surface area contributed by atoms with Gasteiger partial charge in [-0.1, -0.05) is 32.0 Å². The number of para-hydroxylation sites is 1. The first-order valence-corrected chi connectivity index (χ1v) is 6.48. The van der Waals surface area contributed by atoms with Gasteiger partial charge < -0.3 is 9.64 Å². The number of ketones is 1. The van der Waals surface area contributed by atoms with Crippen LogP contribution >= 0.6 is 0 Å². The second-order valence-electron chi connectivity index (χ2n) is 5.47. The number of amides is 1. The van der Waals surface area contributed by atoms with Crippen LogP contribution in [0.25, 0.3) is 0 Å². The van der Waals surface area contributed by atoms with E-state index in [0.717, 1.165) is 0 Å². The molecule has 4 nitrogen and oxygen atoms in total. The van der Waals surface area contributed by atoms with Crippen LogP contribution in [0.15, 0.2) is 30.3 Å². The van der Waals surface area contributed by atoms with Crippen LogP contribution in [0.4, 0.5) is 0 Å². The summed E-state index contributed by atoms with van der Waals surface area (Å²) in [5.41, 5.74) is -0.444. The van der Waals surface area contributed by atoms with Crippen LogP contribution in [0, 0.1) is 5.41 Å². The summed E-state index contributed by atoms with van der Waals surface area (Å²) in [4.78, 5) is 25.5. The average molecular weight is 261 g/mol. The van der Waals surface area contributed by atoms with Gasteiger partial charge in [-0.3, -0.25) is 9.59 Å². The predicted octanol–water partition coefficient (Wildman–Crippen LogP) is 1.89. The number of likely N-dealkylation sites (tertiary alicyclic amines) is 1. The lowest BCUT2D eigenvalue weighted by Gasteiger charge is -2.36. The van der Waals surface area contributed by atoms with Crippen molar-refractivity contribution in [3.63, 3.8) is 0 Å². The molecular formula is C15H19NO3. The number of rotatable bonds is 3. The Hall–Kier alpha value is -1.84. The van der Waals surface area contributed by atoms with E-state index in [0.29, 0.717) is 25.3 Å². The Kier molecular flexibility index (Phi) is 3.88. The molecule has 0 spiro atoms. The van der Waals surface area contributed by atoms with Gasteiger partial charge in [0.2, 0.25) is 0 Å². The monoisotopic (exact) mass is 261 g/mol. The molecule has 1 aromatic rings. The fourth-order valence-corrected chi connectivity index (χ4v) is 2.19. The normalized spacial score (nSPS) is 18.2. The number of ether oxygens (including phenoxy) is 1. The van der Waals surface area contributed by atoms with Crippen molar-refractivity contribution in [3.05, 3.63) is 30.3 Å². The van der Waals surface area contributed by atoms with Crippen molar-refractivity contribution in [3.8, 4) is 5.75 Å². The minimum atomic E-state index is -0.444. The molecule has 0 aliphatic carbocycles. The predicted molar refractivity (Wildman–Crippen MR) is 71.9 cm³/mol. The van der Waals surface area contributed by atoms with Gasteiger partial charge >= 0.3 is 0 Å². The third-order valence-corrected chi connectivity index (χ3v) is 3.41. The van der Waals surface area contributed by atoms with Crippen molar-refractivity contribution in [2.45, 2.75) is 20.3 Å². The van der Waals surface area contributed by atoms with Gasteiger partial charge in [0, 0.05) is 24.9 Å². The van der Waals surface area contributed by atoms with E-state index in [2.05, 4.69) is 0 Å². The fraction of sp³-hybridized carbons (Fsp3) is 0.467. The van der Waals surface area contributed by atoms with Crippen molar-refractivity contribution in [2.24, 2.45) is 5.41 Å². The molecule has 0 radical (unpaired) electrons. The maximum Gasteiger partial charge on any atom is 0.260 e. The van der Waals surface area contributed by atoms with E-state index in [1.807, 2.05) is 44.2 Å².